The average Bonchev–Trinajstić information content (AvgIpc) is 3.24. The molecule has 3 aromatic rings. The maximum absolute atomic E-state index is 12.4. The van der Waals surface area contributed by atoms with Crippen molar-refractivity contribution >= 4 is 40.3 Å². The third-order valence-corrected chi connectivity index (χ3v) is 5.39. The molecule has 0 radical (unpaired) electrons. The van der Waals surface area contributed by atoms with E-state index < -0.39 is 6.04 Å². The fourth-order valence-electron chi connectivity index (χ4n) is 3.11. The van der Waals surface area contributed by atoms with E-state index in [0.29, 0.717) is 13.2 Å². The van der Waals surface area contributed by atoms with Crippen LogP contribution >= 0.6 is 23.7 Å². The van der Waals surface area contributed by atoms with Crippen LogP contribution in [0.2, 0.25) is 0 Å². The normalized spacial score (nSPS) is 16.2. The molecule has 0 bridgehead atoms. The number of benzene rings is 1. The first-order valence-corrected chi connectivity index (χ1v) is 9.25. The number of hydrogen-bond acceptors (Lipinski definition) is 5. The van der Waals surface area contributed by atoms with Crippen LogP contribution in [0.1, 0.15) is 12.8 Å². The molecule has 1 aliphatic heterocycles. The summed E-state index contributed by atoms with van der Waals surface area (Å²) in [6.07, 6.45) is 5.67. The van der Waals surface area contributed by atoms with Gasteiger partial charge in [-0.1, -0.05) is 12.1 Å². The summed E-state index contributed by atoms with van der Waals surface area (Å²) >= 11 is 1.60. The van der Waals surface area contributed by atoms with Crippen LogP contribution in [0.4, 0.5) is 5.69 Å². The van der Waals surface area contributed by atoms with Crippen molar-refractivity contribution in [1.29, 1.82) is 0 Å². The molecule has 3 heterocycles. The number of carbonyl (C=O) groups is 1. The molecule has 1 atom stereocenters. The monoisotopic (exact) mass is 392 g/mol. The molecule has 1 unspecified atom stereocenters. The van der Waals surface area contributed by atoms with Crippen LogP contribution in [0.25, 0.3) is 16.2 Å². The number of aromatic nitrogens is 2. The smallest absolute Gasteiger partial charge is 0.241 e. The first-order valence-electron chi connectivity index (χ1n) is 8.37. The summed E-state index contributed by atoms with van der Waals surface area (Å²) in [6, 6.07) is 7.20. The molecular weight excluding hydrogens is 372 g/mol. The Morgan fingerprint density at radius 3 is 2.73 bits per heavy atom. The summed E-state index contributed by atoms with van der Waals surface area (Å²) in [6.45, 7) is 1.37. The maximum Gasteiger partial charge on any atom is 0.241 e. The van der Waals surface area contributed by atoms with E-state index in [4.69, 9.17) is 10.5 Å². The number of nitrogens with one attached hydrogen (secondary N) is 1. The van der Waals surface area contributed by atoms with Gasteiger partial charge in [0.25, 0.3) is 0 Å². The minimum atomic E-state index is -0.497. The molecule has 6 nitrogen and oxygen atoms in total. The molecule has 138 valence electrons. The number of ether oxygens (including phenoxy) is 1. The molecular formula is C18H21ClN4O2S. The van der Waals surface area contributed by atoms with E-state index >= 15 is 0 Å². The van der Waals surface area contributed by atoms with Crippen molar-refractivity contribution in [2.24, 2.45) is 11.7 Å². The van der Waals surface area contributed by atoms with E-state index in [1.165, 1.54) is 0 Å². The highest BCUT2D eigenvalue weighted by Crippen LogP contribution is 2.24. The van der Waals surface area contributed by atoms with Gasteiger partial charge in [-0.05, 0) is 30.9 Å². The van der Waals surface area contributed by atoms with Crippen LogP contribution in [0.15, 0.2) is 42.0 Å². The maximum atomic E-state index is 12.4. The number of anilines is 1. The van der Waals surface area contributed by atoms with Gasteiger partial charge < -0.3 is 15.8 Å². The number of halogens is 1. The topological polar surface area (TPSA) is 81.7 Å². The van der Waals surface area contributed by atoms with Crippen molar-refractivity contribution in [2.75, 3.05) is 18.5 Å². The highest BCUT2D eigenvalue weighted by Gasteiger charge is 2.26. The van der Waals surface area contributed by atoms with Gasteiger partial charge in [-0.2, -0.15) is 0 Å². The van der Waals surface area contributed by atoms with Crippen LogP contribution in [0.3, 0.4) is 0 Å². The summed E-state index contributed by atoms with van der Waals surface area (Å²) in [5.41, 5.74) is 8.80. The highest BCUT2D eigenvalue weighted by molar-refractivity contribution is 7.15. The van der Waals surface area contributed by atoms with Crippen molar-refractivity contribution in [3.63, 3.8) is 0 Å². The lowest BCUT2D eigenvalue weighted by molar-refractivity contribution is -0.119. The molecule has 1 saturated heterocycles. The summed E-state index contributed by atoms with van der Waals surface area (Å²) in [7, 11) is 0. The minimum absolute atomic E-state index is 0. The fraction of sp³-hybridized carbons (Fsp3) is 0.333. The zero-order valence-corrected chi connectivity index (χ0v) is 15.8. The van der Waals surface area contributed by atoms with Gasteiger partial charge in [0.2, 0.25) is 5.91 Å². The van der Waals surface area contributed by atoms with Gasteiger partial charge in [-0.25, -0.2) is 4.98 Å². The van der Waals surface area contributed by atoms with Gasteiger partial charge in [0.05, 0.1) is 11.7 Å². The Kier molecular flexibility index (Phi) is 5.93. The van der Waals surface area contributed by atoms with Gasteiger partial charge in [-0.3, -0.25) is 9.20 Å². The Morgan fingerprint density at radius 1 is 1.31 bits per heavy atom. The molecule has 2 aromatic heterocycles. The Morgan fingerprint density at radius 2 is 2.04 bits per heavy atom. The summed E-state index contributed by atoms with van der Waals surface area (Å²) < 4.78 is 7.33. The molecule has 0 saturated carbocycles. The Balaban J connectivity index is 0.00000196. The van der Waals surface area contributed by atoms with Crippen molar-refractivity contribution in [2.45, 2.75) is 18.9 Å². The average molecular weight is 393 g/mol. The number of amides is 1. The van der Waals surface area contributed by atoms with Crippen molar-refractivity contribution in [1.82, 2.24) is 9.38 Å². The van der Waals surface area contributed by atoms with Crippen LogP contribution in [0, 0.1) is 5.92 Å². The molecule has 0 aliphatic carbocycles. The number of rotatable bonds is 4. The third kappa shape index (κ3) is 3.91. The number of carbonyl (C=O) groups excluding carboxylic acids is 1. The first-order chi connectivity index (χ1) is 12.2. The number of nitrogens with two attached hydrogens (primary N) is 1. The van der Waals surface area contributed by atoms with Gasteiger partial charge in [0.15, 0.2) is 4.96 Å². The zero-order valence-electron chi connectivity index (χ0n) is 14.1. The molecule has 26 heavy (non-hydrogen) atoms. The van der Waals surface area contributed by atoms with Crippen LogP contribution in [0.5, 0.6) is 0 Å². The molecule has 1 amide bonds. The quantitative estimate of drug-likeness (QED) is 0.714. The largest absolute Gasteiger partial charge is 0.381 e. The lowest BCUT2D eigenvalue weighted by atomic mass is 9.92. The first kappa shape index (κ1) is 18.8. The van der Waals surface area contributed by atoms with Crippen molar-refractivity contribution < 1.29 is 9.53 Å². The van der Waals surface area contributed by atoms with E-state index in [1.54, 1.807) is 11.3 Å². The van der Waals surface area contributed by atoms with Crippen LogP contribution in [-0.4, -0.2) is 34.5 Å². The van der Waals surface area contributed by atoms with E-state index in [0.717, 1.165) is 34.7 Å². The van der Waals surface area contributed by atoms with E-state index in [9.17, 15) is 4.79 Å². The zero-order chi connectivity index (χ0) is 17.2. The fourth-order valence-corrected chi connectivity index (χ4v) is 3.81. The Labute approximate surface area is 161 Å². The summed E-state index contributed by atoms with van der Waals surface area (Å²) in [5, 5.41) is 4.92. The molecule has 1 aromatic carbocycles. The second-order valence-electron chi connectivity index (χ2n) is 6.26. The SMILES string of the molecule is Cl.NC(C(=O)Nc1ccc(-c2cn3ccsc3n2)cc1)C1CCOCC1. The molecule has 3 N–H and O–H groups in total. The van der Waals surface area contributed by atoms with Gasteiger partial charge in [0.1, 0.15) is 0 Å². The van der Waals surface area contributed by atoms with Gasteiger partial charge >= 0.3 is 0 Å². The molecule has 1 fully saturated rings. The van der Waals surface area contributed by atoms with Crippen molar-refractivity contribution in [3.05, 3.63) is 42.0 Å². The molecule has 4 rings (SSSR count). The second kappa shape index (κ2) is 8.18. The predicted molar refractivity (Wildman–Crippen MR) is 106 cm³/mol. The summed E-state index contributed by atoms with van der Waals surface area (Å²) in [5.74, 6) is 0.0497. The number of imidazole rings is 1. The minimum Gasteiger partial charge on any atom is -0.381 e. The number of hydrogen-bond donors (Lipinski definition) is 2. The Hall–Kier alpha value is -1.93. The van der Waals surface area contributed by atoms with E-state index in [1.807, 2.05) is 46.4 Å². The standard InChI is InChI=1S/C18H20N4O2S.ClH/c19-16(13-5-8-24-9-6-13)17(23)20-14-3-1-12(2-4-14)15-11-22-7-10-25-18(22)21-15;/h1-4,7,10-11,13,16H,5-6,8-9,19H2,(H,20,23);1H. The highest BCUT2D eigenvalue weighted by atomic mass is 35.5. The molecule has 8 heteroatoms. The van der Waals surface area contributed by atoms with Crippen LogP contribution < -0.4 is 11.1 Å². The predicted octanol–water partition coefficient (Wildman–Crippen LogP) is 3.18. The van der Waals surface area contributed by atoms with E-state index in [-0.39, 0.29) is 24.2 Å². The number of fused-ring (bicyclic) bond motifs is 1. The van der Waals surface area contributed by atoms with E-state index in [2.05, 4.69) is 10.3 Å². The van der Waals surface area contributed by atoms with Gasteiger partial charge in [0, 0.05) is 42.2 Å². The lowest BCUT2D eigenvalue weighted by Crippen LogP contribution is -2.43. The van der Waals surface area contributed by atoms with Gasteiger partial charge in [-0.15, -0.1) is 23.7 Å². The number of nitrogens with zero attached hydrogens (tertiary/aromatic N) is 2. The van der Waals surface area contributed by atoms with Crippen molar-refractivity contribution in [3.8, 4) is 11.3 Å². The summed E-state index contributed by atoms with van der Waals surface area (Å²) in [4.78, 5) is 17.9. The Bertz CT molecular complexity index is 842. The third-order valence-electron chi connectivity index (χ3n) is 4.62. The number of thiazole rings is 1. The molecule has 0 spiro atoms. The molecule has 1 aliphatic rings. The van der Waals surface area contributed by atoms with Crippen LogP contribution in [-0.2, 0) is 9.53 Å². The lowest BCUT2D eigenvalue weighted by Gasteiger charge is -2.26. The second-order valence-corrected chi connectivity index (χ2v) is 7.13.